The van der Waals surface area contributed by atoms with E-state index in [0.29, 0.717) is 33.5 Å². The highest BCUT2D eigenvalue weighted by Crippen LogP contribution is 2.32. The monoisotopic (exact) mass is 522 g/mol. The summed E-state index contributed by atoms with van der Waals surface area (Å²) < 4.78 is 16.0. The van der Waals surface area contributed by atoms with Gasteiger partial charge in [-0.1, -0.05) is 23.7 Å². The molecule has 0 spiro atoms. The largest absolute Gasteiger partial charge is 0.484 e. The summed E-state index contributed by atoms with van der Waals surface area (Å²) in [6.07, 6.45) is 1.38. The number of anilines is 1. The van der Waals surface area contributed by atoms with Crippen LogP contribution >= 0.6 is 11.6 Å². The summed E-state index contributed by atoms with van der Waals surface area (Å²) in [7, 11) is 0. The van der Waals surface area contributed by atoms with Crippen molar-refractivity contribution >= 4 is 41.2 Å². The van der Waals surface area contributed by atoms with Crippen LogP contribution in [0.25, 0.3) is 0 Å². The van der Waals surface area contributed by atoms with E-state index >= 15 is 0 Å². The topological polar surface area (TPSA) is 127 Å². The number of hydrazone groups is 1. The molecule has 0 aromatic heterocycles. The van der Waals surface area contributed by atoms with Crippen molar-refractivity contribution in [1.29, 1.82) is 0 Å². The minimum Gasteiger partial charge on any atom is -0.484 e. The fraction of sp³-hybridized carbons (Fsp3) is 0.154. The molecule has 0 fully saturated rings. The molecule has 37 heavy (non-hydrogen) atoms. The molecule has 10 nitrogen and oxygen atoms in total. The van der Waals surface area contributed by atoms with Crippen LogP contribution in [0.15, 0.2) is 65.8 Å². The number of nitrogens with one attached hydrogen (secondary N) is 3. The number of hydrogen-bond donors (Lipinski definition) is 3. The van der Waals surface area contributed by atoms with E-state index in [2.05, 4.69) is 21.2 Å². The Morgan fingerprint density at radius 1 is 1.00 bits per heavy atom. The minimum atomic E-state index is -0.905. The minimum absolute atomic E-state index is 0.144. The van der Waals surface area contributed by atoms with Gasteiger partial charge >= 0.3 is 11.8 Å². The molecule has 3 aromatic carbocycles. The van der Waals surface area contributed by atoms with Gasteiger partial charge in [0.15, 0.2) is 18.1 Å². The van der Waals surface area contributed by atoms with Crippen LogP contribution in [-0.4, -0.2) is 37.3 Å². The number of carbonyl (C=O) groups is 3. The lowest BCUT2D eigenvalue weighted by molar-refractivity contribution is -0.139. The second kappa shape index (κ2) is 11.9. The molecule has 0 atom stereocenters. The number of amides is 3. The van der Waals surface area contributed by atoms with E-state index in [4.69, 9.17) is 25.8 Å². The van der Waals surface area contributed by atoms with Gasteiger partial charge in [-0.25, -0.2) is 5.43 Å². The number of rotatable bonds is 8. The number of benzene rings is 3. The third-order valence-electron chi connectivity index (χ3n) is 5.18. The molecule has 0 saturated carbocycles. The van der Waals surface area contributed by atoms with Gasteiger partial charge in [-0.15, -0.1) is 0 Å². The molecule has 190 valence electrons. The van der Waals surface area contributed by atoms with E-state index in [0.717, 1.165) is 11.1 Å². The van der Waals surface area contributed by atoms with Gasteiger partial charge in [0, 0.05) is 17.3 Å². The number of hydrogen-bond acceptors (Lipinski definition) is 7. The smallest absolute Gasteiger partial charge is 0.329 e. The first-order valence-electron chi connectivity index (χ1n) is 11.2. The molecule has 0 bridgehead atoms. The Balaban J connectivity index is 1.18. The number of halogens is 1. The molecule has 3 amide bonds. The van der Waals surface area contributed by atoms with Crippen molar-refractivity contribution in [3.63, 3.8) is 0 Å². The molecule has 1 heterocycles. The van der Waals surface area contributed by atoms with E-state index in [1.165, 1.54) is 6.21 Å². The zero-order valence-electron chi connectivity index (χ0n) is 19.7. The third-order valence-corrected chi connectivity index (χ3v) is 5.59. The van der Waals surface area contributed by atoms with Crippen molar-refractivity contribution in [3.05, 3.63) is 82.4 Å². The number of carbonyl (C=O) groups excluding carboxylic acids is 3. The van der Waals surface area contributed by atoms with Gasteiger partial charge in [0.1, 0.15) is 5.75 Å². The van der Waals surface area contributed by atoms with E-state index in [1.807, 2.05) is 13.0 Å². The Kier molecular flexibility index (Phi) is 8.22. The first-order chi connectivity index (χ1) is 17.9. The summed E-state index contributed by atoms with van der Waals surface area (Å²) in [6, 6.07) is 17.2. The van der Waals surface area contributed by atoms with E-state index in [-0.39, 0.29) is 25.9 Å². The Morgan fingerprint density at radius 2 is 1.78 bits per heavy atom. The van der Waals surface area contributed by atoms with Crippen molar-refractivity contribution in [2.45, 2.75) is 13.5 Å². The van der Waals surface area contributed by atoms with Crippen molar-refractivity contribution in [1.82, 2.24) is 10.7 Å². The van der Waals surface area contributed by atoms with E-state index in [1.54, 1.807) is 54.6 Å². The Bertz CT molecular complexity index is 1340. The lowest BCUT2D eigenvalue weighted by atomic mass is 10.2. The first-order valence-corrected chi connectivity index (χ1v) is 11.5. The summed E-state index contributed by atoms with van der Waals surface area (Å²) in [6.45, 7) is 1.99. The average Bonchev–Trinajstić information content (AvgIpc) is 3.37. The fourth-order valence-electron chi connectivity index (χ4n) is 3.20. The zero-order valence-corrected chi connectivity index (χ0v) is 20.5. The molecule has 4 rings (SSSR count). The molecule has 0 saturated heterocycles. The van der Waals surface area contributed by atoms with Crippen molar-refractivity contribution < 1.29 is 28.6 Å². The van der Waals surface area contributed by atoms with Gasteiger partial charge in [-0.05, 0) is 72.1 Å². The van der Waals surface area contributed by atoms with Crippen LogP contribution in [0.1, 0.15) is 16.7 Å². The van der Waals surface area contributed by atoms with Crippen molar-refractivity contribution in [3.8, 4) is 17.2 Å². The Hall–Kier alpha value is -4.57. The van der Waals surface area contributed by atoms with E-state index in [9.17, 15) is 14.4 Å². The van der Waals surface area contributed by atoms with Gasteiger partial charge in [0.2, 0.25) is 6.79 Å². The number of aryl methyl sites for hydroxylation is 1. The molecule has 0 unspecified atom stereocenters. The lowest BCUT2D eigenvalue weighted by Crippen LogP contribution is -2.37. The van der Waals surface area contributed by atoms with Crippen molar-refractivity contribution in [2.24, 2.45) is 5.10 Å². The molecular weight excluding hydrogens is 500 g/mol. The normalized spacial score (nSPS) is 11.7. The molecule has 0 radical (unpaired) electrons. The SMILES string of the molecule is Cc1ccc(NC(=O)COc2ccc(/C=N\NC(=O)C(=O)NCc3ccc4c(c3)OCO4)cc2)cc1Cl. The highest BCUT2D eigenvalue weighted by atomic mass is 35.5. The van der Waals surface area contributed by atoms with Crippen LogP contribution < -0.4 is 30.3 Å². The molecule has 11 heteroatoms. The van der Waals surface area contributed by atoms with Crippen LogP contribution in [0.2, 0.25) is 5.02 Å². The number of fused-ring (bicyclic) bond motifs is 1. The molecular formula is C26H23ClN4O6. The maximum absolute atomic E-state index is 12.1. The zero-order chi connectivity index (χ0) is 26.2. The third kappa shape index (κ3) is 7.21. The Morgan fingerprint density at radius 3 is 2.57 bits per heavy atom. The summed E-state index contributed by atoms with van der Waals surface area (Å²) >= 11 is 6.06. The second-order valence-electron chi connectivity index (χ2n) is 7.94. The molecule has 0 aliphatic carbocycles. The highest BCUT2D eigenvalue weighted by molar-refractivity contribution is 6.35. The standard InChI is InChI=1S/C26H23ClN4O6/c1-16-2-6-19(11-21(16)27)30-24(32)14-35-20-7-3-17(4-8-20)13-29-31-26(34)25(33)28-12-18-5-9-22-23(10-18)37-15-36-22/h2-11,13H,12,14-15H2,1H3,(H,28,33)(H,30,32)(H,31,34)/b29-13-. The number of nitrogens with zero attached hydrogens (tertiary/aromatic N) is 1. The molecule has 3 N–H and O–H groups in total. The quantitative estimate of drug-likeness (QED) is 0.237. The summed E-state index contributed by atoms with van der Waals surface area (Å²) in [4.78, 5) is 36.1. The maximum Gasteiger partial charge on any atom is 0.329 e. The van der Waals surface area contributed by atoms with Crippen LogP contribution in [0, 0.1) is 6.92 Å². The van der Waals surface area contributed by atoms with Gasteiger partial charge in [-0.3, -0.25) is 14.4 Å². The summed E-state index contributed by atoms with van der Waals surface area (Å²) in [5, 5.41) is 9.58. The average molecular weight is 523 g/mol. The summed E-state index contributed by atoms with van der Waals surface area (Å²) in [5.74, 6) is -0.363. The van der Waals surface area contributed by atoms with Crippen molar-refractivity contribution in [2.75, 3.05) is 18.7 Å². The van der Waals surface area contributed by atoms with Gasteiger partial charge < -0.3 is 24.8 Å². The lowest BCUT2D eigenvalue weighted by Gasteiger charge is -2.08. The van der Waals surface area contributed by atoms with Crippen LogP contribution in [0.3, 0.4) is 0 Å². The van der Waals surface area contributed by atoms with E-state index < -0.39 is 11.8 Å². The predicted molar refractivity (Wildman–Crippen MR) is 137 cm³/mol. The molecule has 1 aliphatic heterocycles. The molecule has 3 aromatic rings. The van der Waals surface area contributed by atoms with Crippen LogP contribution in [0.4, 0.5) is 5.69 Å². The first kappa shape index (κ1) is 25.5. The van der Waals surface area contributed by atoms with Gasteiger partial charge in [-0.2, -0.15) is 5.10 Å². The predicted octanol–water partition coefficient (Wildman–Crippen LogP) is 3.16. The Labute approximate surface area is 217 Å². The highest BCUT2D eigenvalue weighted by Gasteiger charge is 2.15. The second-order valence-corrected chi connectivity index (χ2v) is 8.35. The maximum atomic E-state index is 12.1. The van der Waals surface area contributed by atoms with Gasteiger partial charge in [0.25, 0.3) is 5.91 Å². The fourth-order valence-corrected chi connectivity index (χ4v) is 3.38. The number of ether oxygens (including phenoxy) is 3. The summed E-state index contributed by atoms with van der Waals surface area (Å²) in [5.41, 5.74) is 5.08. The van der Waals surface area contributed by atoms with Crippen LogP contribution in [-0.2, 0) is 20.9 Å². The van der Waals surface area contributed by atoms with Crippen LogP contribution in [0.5, 0.6) is 17.2 Å². The molecule has 1 aliphatic rings. The van der Waals surface area contributed by atoms with Gasteiger partial charge in [0.05, 0.1) is 6.21 Å².